The number of fused-ring (bicyclic) bond motifs is 2. The number of benzene rings is 1. The first-order valence-electron chi connectivity index (χ1n) is 15.8. The van der Waals surface area contributed by atoms with Crippen LogP contribution in [-0.2, 0) is 23.7 Å². The van der Waals surface area contributed by atoms with Crippen molar-refractivity contribution in [2.45, 2.75) is 95.2 Å². The molecule has 2 aliphatic rings. The van der Waals surface area contributed by atoms with Gasteiger partial charge in [0.1, 0.15) is 46.5 Å². The summed E-state index contributed by atoms with van der Waals surface area (Å²) >= 11 is 1.54. The van der Waals surface area contributed by atoms with E-state index in [0.29, 0.717) is 27.9 Å². The Bertz CT molecular complexity index is 1860. The summed E-state index contributed by atoms with van der Waals surface area (Å²) in [6, 6.07) is 10.8. The topological polar surface area (TPSA) is 144 Å². The number of amides is 2. The number of thioether (sulfide) groups is 1. The van der Waals surface area contributed by atoms with Crippen LogP contribution in [0.5, 0.6) is 0 Å². The molecular weight excluding hydrogens is 652 g/mol. The summed E-state index contributed by atoms with van der Waals surface area (Å²) in [5, 5.41) is -0.436. The Hall–Kier alpha value is -4.40. The van der Waals surface area contributed by atoms with Crippen LogP contribution in [0, 0.1) is 0 Å². The normalized spacial score (nSPS) is 21.7. The third-order valence-corrected chi connectivity index (χ3v) is 9.31. The summed E-state index contributed by atoms with van der Waals surface area (Å²) < 4.78 is 37.2. The highest BCUT2D eigenvalue weighted by molar-refractivity contribution is 8.00. The van der Waals surface area contributed by atoms with Gasteiger partial charge in [-0.25, -0.2) is 24.4 Å². The van der Waals surface area contributed by atoms with E-state index < -0.39 is 52.7 Å². The van der Waals surface area contributed by atoms with Crippen molar-refractivity contribution >= 4 is 46.8 Å². The van der Waals surface area contributed by atoms with Crippen molar-refractivity contribution in [2.75, 3.05) is 12.0 Å². The Morgan fingerprint density at radius 3 is 2.18 bits per heavy atom. The van der Waals surface area contributed by atoms with E-state index >= 15 is 0 Å². The fourth-order valence-electron chi connectivity index (χ4n) is 6.01. The van der Waals surface area contributed by atoms with Gasteiger partial charge >= 0.3 is 18.2 Å². The Balaban J connectivity index is 1.54. The maximum absolute atomic E-state index is 13.8. The van der Waals surface area contributed by atoms with Crippen molar-refractivity contribution in [3.05, 3.63) is 66.3 Å². The third kappa shape index (κ3) is 6.77. The fourth-order valence-corrected chi connectivity index (χ4v) is 7.68. The van der Waals surface area contributed by atoms with Gasteiger partial charge in [0, 0.05) is 11.8 Å². The van der Waals surface area contributed by atoms with Crippen LogP contribution in [0.3, 0.4) is 0 Å². The number of nitrogens with zero attached hydrogens (tertiary/aromatic N) is 4. The number of furan rings is 1. The molecule has 4 aromatic rings. The predicted molar refractivity (Wildman–Crippen MR) is 181 cm³/mol. The van der Waals surface area contributed by atoms with E-state index in [4.69, 9.17) is 28.1 Å². The molecule has 3 aromatic heterocycles. The quantitative estimate of drug-likeness (QED) is 0.150. The maximum atomic E-state index is 13.8. The number of carbonyl (C=O) groups excluding carboxylic acids is 3. The van der Waals surface area contributed by atoms with E-state index in [2.05, 4.69) is 9.97 Å². The highest BCUT2D eigenvalue weighted by atomic mass is 32.2. The standard InChI is InChI=1S/C35H40N4O9S/c1-33(2,3)47-31(41)39(32(42)48-34(4,5)6)28-23-21(22-15-12-16-44-22)17-38(27(23)36-18-37-28)29-25-24(45-35(7,8)46-25)26(49-29)19-13-10-11-14-20(19)30(40)43-9/h10-18,24-26,29H,1-9H3/t24-,25+,26+,29?/m0/s1. The Morgan fingerprint density at radius 2 is 1.57 bits per heavy atom. The van der Waals surface area contributed by atoms with Gasteiger partial charge in [0.15, 0.2) is 11.6 Å². The second-order valence-electron chi connectivity index (χ2n) is 14.2. The molecule has 0 saturated carbocycles. The van der Waals surface area contributed by atoms with Gasteiger partial charge in [-0.15, -0.1) is 11.8 Å². The van der Waals surface area contributed by atoms with E-state index in [-0.39, 0.29) is 11.1 Å². The SMILES string of the molecule is COC(=O)c1ccccc1[C@H]1SC(n2cc(-c3ccco3)c3c(N(C(=O)OC(C)(C)C)C(=O)OC(C)(C)C)ncnc32)[C@@H]2OC(C)(C)O[C@H]12. The Morgan fingerprint density at radius 1 is 0.918 bits per heavy atom. The lowest BCUT2D eigenvalue weighted by Gasteiger charge is -2.28. The second kappa shape index (κ2) is 12.5. The summed E-state index contributed by atoms with van der Waals surface area (Å²) in [6.07, 6.45) is 1.75. The maximum Gasteiger partial charge on any atom is 0.425 e. The van der Waals surface area contributed by atoms with E-state index in [1.807, 2.05) is 36.7 Å². The van der Waals surface area contributed by atoms with Gasteiger partial charge in [-0.2, -0.15) is 4.90 Å². The molecule has 2 fully saturated rings. The molecule has 1 aromatic carbocycles. The number of aromatic nitrogens is 3. The van der Waals surface area contributed by atoms with E-state index in [1.165, 1.54) is 31.5 Å². The first-order chi connectivity index (χ1) is 23.0. The zero-order valence-corrected chi connectivity index (χ0v) is 29.7. The molecule has 0 aliphatic carbocycles. The van der Waals surface area contributed by atoms with E-state index in [9.17, 15) is 14.4 Å². The Kier molecular flexibility index (Phi) is 8.78. The van der Waals surface area contributed by atoms with Gasteiger partial charge in [0.25, 0.3) is 0 Å². The van der Waals surface area contributed by atoms with E-state index in [1.54, 1.807) is 65.8 Å². The van der Waals surface area contributed by atoms with Crippen molar-refractivity contribution in [3.63, 3.8) is 0 Å². The number of rotatable bonds is 5. The molecule has 14 heteroatoms. The largest absolute Gasteiger partial charge is 0.465 e. The number of ether oxygens (including phenoxy) is 5. The van der Waals surface area contributed by atoms with Crippen LogP contribution in [0.2, 0.25) is 0 Å². The van der Waals surface area contributed by atoms with Crippen molar-refractivity contribution in [1.82, 2.24) is 14.5 Å². The summed E-state index contributed by atoms with van der Waals surface area (Å²) in [6.45, 7) is 13.9. The number of anilines is 1. The average molecular weight is 693 g/mol. The zero-order chi connectivity index (χ0) is 35.5. The van der Waals surface area contributed by atoms with Crippen LogP contribution in [0.25, 0.3) is 22.4 Å². The van der Waals surface area contributed by atoms with Gasteiger partial charge in [-0.1, -0.05) is 18.2 Å². The number of esters is 1. The molecular formula is C35H40N4O9S. The summed E-state index contributed by atoms with van der Waals surface area (Å²) in [5.41, 5.74) is 0.214. The molecule has 2 saturated heterocycles. The Labute approximate surface area is 288 Å². The minimum Gasteiger partial charge on any atom is -0.465 e. The lowest BCUT2D eigenvalue weighted by molar-refractivity contribution is -0.148. The molecule has 0 bridgehead atoms. The molecule has 5 heterocycles. The van der Waals surface area contributed by atoms with Crippen LogP contribution in [0.15, 0.2) is 59.6 Å². The van der Waals surface area contributed by atoms with Crippen molar-refractivity contribution in [2.24, 2.45) is 0 Å². The first-order valence-corrected chi connectivity index (χ1v) is 16.8. The van der Waals surface area contributed by atoms with Crippen LogP contribution >= 0.6 is 11.8 Å². The van der Waals surface area contributed by atoms with Gasteiger partial charge in [-0.05, 0) is 79.2 Å². The first kappa shape index (κ1) is 34.5. The van der Waals surface area contributed by atoms with Crippen LogP contribution in [-0.4, -0.2) is 69.0 Å². The van der Waals surface area contributed by atoms with Crippen molar-refractivity contribution in [3.8, 4) is 11.3 Å². The molecule has 2 aliphatic heterocycles. The molecule has 6 rings (SSSR count). The fraction of sp³-hybridized carbons (Fsp3) is 0.457. The lowest BCUT2D eigenvalue weighted by Crippen LogP contribution is -2.44. The van der Waals surface area contributed by atoms with E-state index in [0.717, 1.165) is 10.5 Å². The third-order valence-electron chi connectivity index (χ3n) is 7.72. The summed E-state index contributed by atoms with van der Waals surface area (Å²) in [5.74, 6) is -0.981. The predicted octanol–water partition coefficient (Wildman–Crippen LogP) is 7.66. The molecule has 260 valence electrons. The monoisotopic (exact) mass is 692 g/mol. The smallest absolute Gasteiger partial charge is 0.425 e. The second-order valence-corrected chi connectivity index (χ2v) is 15.5. The van der Waals surface area contributed by atoms with Gasteiger partial charge < -0.3 is 32.7 Å². The number of hydrogen-bond acceptors (Lipinski definition) is 12. The number of imide groups is 1. The molecule has 49 heavy (non-hydrogen) atoms. The highest BCUT2D eigenvalue weighted by Crippen LogP contribution is 2.59. The van der Waals surface area contributed by atoms with Crippen molar-refractivity contribution in [1.29, 1.82) is 0 Å². The highest BCUT2D eigenvalue weighted by Gasteiger charge is 2.56. The van der Waals surface area contributed by atoms with Gasteiger partial charge in [-0.3, -0.25) is 0 Å². The molecule has 13 nitrogen and oxygen atoms in total. The lowest BCUT2D eigenvalue weighted by atomic mass is 9.98. The molecule has 0 N–H and O–H groups in total. The molecule has 0 spiro atoms. The zero-order valence-electron chi connectivity index (χ0n) is 28.9. The van der Waals surface area contributed by atoms with Gasteiger partial charge in [0.05, 0.1) is 29.6 Å². The van der Waals surface area contributed by atoms with Gasteiger partial charge in [0.2, 0.25) is 0 Å². The van der Waals surface area contributed by atoms with Crippen LogP contribution < -0.4 is 4.90 Å². The molecule has 2 amide bonds. The van der Waals surface area contributed by atoms with Crippen molar-refractivity contribution < 1.29 is 42.5 Å². The van der Waals surface area contributed by atoms with Crippen LogP contribution in [0.4, 0.5) is 15.4 Å². The minimum atomic E-state index is -0.969. The van der Waals surface area contributed by atoms with Crippen LogP contribution in [0.1, 0.15) is 81.9 Å². The summed E-state index contributed by atoms with van der Waals surface area (Å²) in [7, 11) is 1.35. The average Bonchev–Trinajstić information content (AvgIpc) is 3.78. The molecule has 4 atom stereocenters. The summed E-state index contributed by atoms with van der Waals surface area (Å²) in [4.78, 5) is 50.3. The number of methoxy groups -OCH3 is 1. The number of hydrogen-bond donors (Lipinski definition) is 0. The number of carbonyl (C=O) groups is 3. The minimum absolute atomic E-state index is 0.0466. The molecule has 0 radical (unpaired) electrons. The molecule has 1 unspecified atom stereocenters.